The maximum Gasteiger partial charge on any atom is 0.260 e. The zero-order valence-corrected chi connectivity index (χ0v) is 26.3. The minimum Gasteiger partial charge on any atom is -0.483 e. The number of benzene rings is 2. The summed E-state index contributed by atoms with van der Waals surface area (Å²) in [7, 11) is 0. The number of aromatic nitrogens is 3. The third kappa shape index (κ3) is 6.50. The number of carbonyl (C=O) groups excluding carboxylic acids is 1. The van der Waals surface area contributed by atoms with Gasteiger partial charge in [0.1, 0.15) is 11.4 Å². The Morgan fingerprint density at radius 1 is 1.08 bits per heavy atom. The van der Waals surface area contributed by atoms with E-state index in [4.69, 9.17) is 16.3 Å². The van der Waals surface area contributed by atoms with Crippen molar-refractivity contribution in [2.45, 2.75) is 66.0 Å². The van der Waals surface area contributed by atoms with Crippen molar-refractivity contribution in [3.05, 3.63) is 74.0 Å². The largest absolute Gasteiger partial charge is 0.483 e. The Morgan fingerprint density at radius 3 is 2.41 bits per heavy atom. The molecule has 39 heavy (non-hydrogen) atoms. The van der Waals surface area contributed by atoms with Crippen LogP contribution in [-0.2, 0) is 10.3 Å². The molecule has 0 spiro atoms. The molecule has 0 aliphatic carbocycles. The summed E-state index contributed by atoms with van der Waals surface area (Å²) in [6.07, 6.45) is 2.05. The van der Waals surface area contributed by atoms with Gasteiger partial charge in [0.15, 0.2) is 6.61 Å². The summed E-state index contributed by atoms with van der Waals surface area (Å²) in [6.45, 7) is 17.5. The summed E-state index contributed by atoms with van der Waals surface area (Å²) in [5, 5.41) is 9.74. The fourth-order valence-corrected chi connectivity index (χ4v) is 5.40. The van der Waals surface area contributed by atoms with Crippen LogP contribution in [0.4, 0.5) is 0 Å². The van der Waals surface area contributed by atoms with Gasteiger partial charge in [-0.1, -0.05) is 58.7 Å². The molecule has 210 valence electrons. The number of rotatable bonds is 8. The molecular formula is C30H39BrClN5O2. The second kappa shape index (κ2) is 12.0. The third-order valence-electron chi connectivity index (χ3n) is 7.89. The molecule has 1 atom stereocenters. The topological polar surface area (TPSA) is 63.5 Å². The van der Waals surface area contributed by atoms with Crippen LogP contribution in [0.2, 0.25) is 5.02 Å². The normalized spacial score (nSPS) is 15.6. The van der Waals surface area contributed by atoms with E-state index in [0.717, 1.165) is 40.1 Å². The van der Waals surface area contributed by atoms with Gasteiger partial charge < -0.3 is 9.64 Å². The zero-order chi connectivity index (χ0) is 28.5. The van der Waals surface area contributed by atoms with E-state index in [9.17, 15) is 4.79 Å². The van der Waals surface area contributed by atoms with Gasteiger partial charge in [0.25, 0.3) is 5.91 Å². The lowest BCUT2D eigenvalue weighted by Crippen LogP contribution is -2.55. The third-order valence-corrected chi connectivity index (χ3v) is 9.18. The Balaban J connectivity index is 1.36. The first-order valence-electron chi connectivity index (χ1n) is 13.5. The monoisotopic (exact) mass is 615 g/mol. The van der Waals surface area contributed by atoms with Crippen molar-refractivity contribution in [3.63, 3.8) is 0 Å². The van der Waals surface area contributed by atoms with Crippen LogP contribution in [0, 0.1) is 13.8 Å². The summed E-state index contributed by atoms with van der Waals surface area (Å²) in [6, 6.07) is 10.3. The van der Waals surface area contributed by atoms with Crippen LogP contribution in [0.1, 0.15) is 74.5 Å². The van der Waals surface area contributed by atoms with Gasteiger partial charge in [-0.3, -0.25) is 9.69 Å². The van der Waals surface area contributed by atoms with Gasteiger partial charge in [-0.15, -0.1) is 5.10 Å². The SMILES string of the molecule is Cc1cc(OCC(=O)N2CCN(C(C)(C)c3cn([C@@H](C)c4ccc(Br)c(C)c4)nn3)CC2)c(C(C)C)cc1Cl. The average Bonchev–Trinajstić information content (AvgIpc) is 3.41. The van der Waals surface area contributed by atoms with E-state index in [1.54, 1.807) is 0 Å². The summed E-state index contributed by atoms with van der Waals surface area (Å²) < 4.78 is 9.03. The van der Waals surface area contributed by atoms with Gasteiger partial charge in [0.2, 0.25) is 0 Å². The zero-order valence-electron chi connectivity index (χ0n) is 24.0. The van der Waals surface area contributed by atoms with Crippen molar-refractivity contribution in [2.24, 2.45) is 0 Å². The summed E-state index contributed by atoms with van der Waals surface area (Å²) in [4.78, 5) is 17.3. The molecule has 1 aliphatic rings. The van der Waals surface area contributed by atoms with E-state index in [2.05, 4.69) is 90.9 Å². The van der Waals surface area contributed by atoms with Crippen LogP contribution in [0.5, 0.6) is 5.75 Å². The Hall–Kier alpha value is -2.42. The maximum absolute atomic E-state index is 13.0. The summed E-state index contributed by atoms with van der Waals surface area (Å²) in [5.41, 5.74) is 4.95. The second-order valence-electron chi connectivity index (χ2n) is 11.3. The van der Waals surface area contributed by atoms with Crippen molar-refractivity contribution >= 4 is 33.4 Å². The molecule has 1 saturated heterocycles. The molecule has 1 aliphatic heterocycles. The van der Waals surface area contributed by atoms with Gasteiger partial charge >= 0.3 is 0 Å². The Morgan fingerprint density at radius 2 is 1.77 bits per heavy atom. The van der Waals surface area contributed by atoms with Gasteiger partial charge in [0, 0.05) is 35.7 Å². The van der Waals surface area contributed by atoms with E-state index in [-0.39, 0.29) is 30.0 Å². The molecule has 1 aromatic heterocycles. The molecule has 3 aromatic rings. The van der Waals surface area contributed by atoms with Crippen molar-refractivity contribution in [1.29, 1.82) is 0 Å². The molecule has 0 N–H and O–H groups in total. The van der Waals surface area contributed by atoms with Crippen molar-refractivity contribution in [3.8, 4) is 5.75 Å². The van der Waals surface area contributed by atoms with E-state index >= 15 is 0 Å². The lowest BCUT2D eigenvalue weighted by molar-refractivity contribution is -0.136. The predicted molar refractivity (Wildman–Crippen MR) is 160 cm³/mol. The molecule has 0 unspecified atom stereocenters. The highest BCUT2D eigenvalue weighted by Crippen LogP contribution is 2.33. The standard InChI is InChI=1S/C30H39BrClN5O2/c1-19(2)24-16-26(32)21(4)15-27(24)39-18-29(38)35-10-12-36(13-11-35)30(6,7)28-17-37(34-33-28)22(5)23-8-9-25(31)20(3)14-23/h8-9,14-17,19,22H,10-13,18H2,1-7H3/t22-/m0/s1. The molecular weight excluding hydrogens is 578 g/mol. The fraction of sp³-hybridized carbons (Fsp3) is 0.500. The molecule has 4 rings (SSSR count). The molecule has 0 bridgehead atoms. The summed E-state index contributed by atoms with van der Waals surface area (Å²) >= 11 is 9.90. The van der Waals surface area contributed by atoms with E-state index in [0.29, 0.717) is 18.1 Å². The fourth-order valence-electron chi connectivity index (χ4n) is 4.98. The highest BCUT2D eigenvalue weighted by molar-refractivity contribution is 9.10. The number of halogens is 2. The number of carbonyl (C=O) groups is 1. The van der Waals surface area contributed by atoms with E-state index in [1.807, 2.05) is 34.8 Å². The Kier molecular flexibility index (Phi) is 9.08. The van der Waals surface area contributed by atoms with Gasteiger partial charge in [-0.25, -0.2) is 4.68 Å². The van der Waals surface area contributed by atoms with Gasteiger partial charge in [-0.2, -0.15) is 0 Å². The molecule has 1 fully saturated rings. The maximum atomic E-state index is 13.0. The summed E-state index contributed by atoms with van der Waals surface area (Å²) in [5.74, 6) is 0.980. The van der Waals surface area contributed by atoms with E-state index < -0.39 is 0 Å². The molecule has 9 heteroatoms. The molecule has 7 nitrogen and oxygen atoms in total. The number of hydrogen-bond acceptors (Lipinski definition) is 5. The molecule has 0 saturated carbocycles. The minimum absolute atomic E-state index is 0.000624. The quantitative estimate of drug-likeness (QED) is 0.289. The first-order valence-corrected chi connectivity index (χ1v) is 14.7. The number of amides is 1. The van der Waals surface area contributed by atoms with Crippen LogP contribution in [0.3, 0.4) is 0 Å². The number of ether oxygens (including phenoxy) is 1. The van der Waals surface area contributed by atoms with Gasteiger partial charge in [0.05, 0.1) is 17.8 Å². The van der Waals surface area contributed by atoms with E-state index in [1.165, 1.54) is 11.1 Å². The van der Waals surface area contributed by atoms with Crippen LogP contribution in [0.15, 0.2) is 41.0 Å². The first kappa shape index (κ1) is 29.6. The van der Waals surface area contributed by atoms with Gasteiger partial charge in [-0.05, 0) is 81.0 Å². The molecule has 2 heterocycles. The number of nitrogens with zero attached hydrogens (tertiary/aromatic N) is 5. The number of piperazine rings is 1. The van der Waals surface area contributed by atoms with Crippen LogP contribution in [0.25, 0.3) is 0 Å². The number of hydrogen-bond donors (Lipinski definition) is 0. The van der Waals surface area contributed by atoms with Crippen LogP contribution < -0.4 is 4.74 Å². The average molecular weight is 617 g/mol. The highest BCUT2D eigenvalue weighted by atomic mass is 79.9. The van der Waals surface area contributed by atoms with Crippen LogP contribution in [-0.4, -0.2) is 63.5 Å². The molecule has 2 aromatic carbocycles. The van der Waals surface area contributed by atoms with Crippen molar-refractivity contribution in [2.75, 3.05) is 32.8 Å². The Bertz CT molecular complexity index is 1330. The molecule has 1 amide bonds. The number of aryl methyl sites for hydroxylation is 2. The lowest BCUT2D eigenvalue weighted by atomic mass is 9.97. The predicted octanol–water partition coefficient (Wildman–Crippen LogP) is 6.50. The van der Waals surface area contributed by atoms with Crippen LogP contribution >= 0.6 is 27.5 Å². The van der Waals surface area contributed by atoms with Crippen molar-refractivity contribution < 1.29 is 9.53 Å². The minimum atomic E-state index is -0.313. The lowest BCUT2D eigenvalue weighted by Gasteiger charge is -2.43. The second-order valence-corrected chi connectivity index (χ2v) is 12.5. The highest BCUT2D eigenvalue weighted by Gasteiger charge is 2.35. The Labute approximate surface area is 245 Å². The van der Waals surface area contributed by atoms with Crippen molar-refractivity contribution in [1.82, 2.24) is 24.8 Å². The first-order chi connectivity index (χ1) is 18.4. The smallest absolute Gasteiger partial charge is 0.260 e. The molecule has 0 radical (unpaired) electrons.